The van der Waals surface area contributed by atoms with Crippen LogP contribution < -0.4 is 0 Å². The molecule has 8 heteroatoms. The van der Waals surface area contributed by atoms with Gasteiger partial charge in [-0.25, -0.2) is 8.78 Å². The summed E-state index contributed by atoms with van der Waals surface area (Å²) in [6, 6.07) is 7.17. The third kappa shape index (κ3) is 4.69. The molecule has 1 aromatic heterocycles. The first kappa shape index (κ1) is 20.3. The molecule has 0 fully saturated rings. The maximum atomic E-state index is 14.4. The van der Waals surface area contributed by atoms with E-state index in [1.165, 1.54) is 23.7 Å². The molecule has 1 N–H and O–H groups in total. The molecular formula is C19H17Cl2F2NO2S. The average Bonchev–Trinajstić information content (AvgIpc) is 3.03. The monoisotopic (exact) mass is 431 g/mol. The van der Waals surface area contributed by atoms with Gasteiger partial charge in [-0.05, 0) is 53.7 Å². The molecular weight excluding hydrogens is 415 g/mol. The first-order chi connectivity index (χ1) is 13.0. The van der Waals surface area contributed by atoms with Gasteiger partial charge in [-0.2, -0.15) is 4.37 Å². The molecule has 2 aromatic rings. The molecule has 27 heavy (non-hydrogen) atoms. The number of nitrogens with zero attached hydrogens (tertiary/aromatic N) is 1. The number of rotatable bonds is 7. The smallest absolute Gasteiger partial charge is 0.192 e. The highest BCUT2D eigenvalue weighted by Gasteiger charge is 2.32. The lowest BCUT2D eigenvalue weighted by atomic mass is 9.96. The van der Waals surface area contributed by atoms with Gasteiger partial charge < -0.3 is 9.84 Å². The zero-order chi connectivity index (χ0) is 19.4. The number of aliphatic hydroxyl groups excluding tert-OH is 1. The van der Waals surface area contributed by atoms with E-state index in [0.29, 0.717) is 29.0 Å². The van der Waals surface area contributed by atoms with Crippen molar-refractivity contribution in [3.8, 4) is 10.4 Å². The molecule has 1 aromatic carbocycles. The summed E-state index contributed by atoms with van der Waals surface area (Å²) in [6.07, 6.45) is -0.00835. The Hall–Kier alpha value is -1.47. The average molecular weight is 432 g/mol. The van der Waals surface area contributed by atoms with Gasteiger partial charge in [0.05, 0.1) is 4.88 Å². The molecule has 1 aliphatic carbocycles. The molecule has 0 amide bonds. The minimum atomic E-state index is -1.88. The van der Waals surface area contributed by atoms with Gasteiger partial charge in [-0.15, -0.1) is 0 Å². The molecule has 2 atom stereocenters. The molecule has 0 saturated heterocycles. The van der Waals surface area contributed by atoms with Crippen molar-refractivity contribution in [1.82, 2.24) is 4.37 Å². The van der Waals surface area contributed by atoms with Gasteiger partial charge in [0, 0.05) is 17.2 Å². The van der Waals surface area contributed by atoms with E-state index in [4.69, 9.17) is 33.0 Å². The Kier molecular flexibility index (Phi) is 6.87. The molecule has 0 radical (unpaired) electrons. The summed E-state index contributed by atoms with van der Waals surface area (Å²) < 4.78 is 38.3. The fourth-order valence-corrected chi connectivity index (χ4v) is 3.96. The van der Waals surface area contributed by atoms with E-state index >= 15 is 0 Å². The summed E-state index contributed by atoms with van der Waals surface area (Å²) in [4.78, 5) is 0.791. The fourth-order valence-electron chi connectivity index (χ4n) is 2.74. The number of aliphatic hydroxyl groups is 1. The topological polar surface area (TPSA) is 42.4 Å². The second-order valence-electron chi connectivity index (χ2n) is 6.02. The van der Waals surface area contributed by atoms with Crippen molar-refractivity contribution < 1.29 is 18.6 Å². The Morgan fingerprint density at radius 2 is 1.85 bits per heavy atom. The van der Waals surface area contributed by atoms with E-state index in [9.17, 15) is 8.78 Å². The fraction of sp³-hybridized carbons (Fsp3) is 0.316. The first-order valence-electron chi connectivity index (χ1n) is 8.33. The van der Waals surface area contributed by atoms with E-state index in [1.54, 1.807) is 12.1 Å². The van der Waals surface area contributed by atoms with Crippen molar-refractivity contribution in [2.75, 3.05) is 6.61 Å². The van der Waals surface area contributed by atoms with Crippen LogP contribution in [0.2, 0.25) is 10.2 Å². The minimum Gasteiger partial charge on any atom is -0.490 e. The maximum absolute atomic E-state index is 14.4. The highest BCUT2D eigenvalue weighted by atomic mass is 35.5. The summed E-state index contributed by atoms with van der Waals surface area (Å²) in [7, 11) is 0. The summed E-state index contributed by atoms with van der Waals surface area (Å²) in [5.74, 6) is -0.0837. The van der Waals surface area contributed by atoms with Crippen LogP contribution in [0.3, 0.4) is 0 Å². The zero-order valence-corrected chi connectivity index (χ0v) is 16.5. The van der Waals surface area contributed by atoms with Crippen LogP contribution in [0.4, 0.5) is 8.78 Å². The maximum Gasteiger partial charge on any atom is 0.192 e. The lowest BCUT2D eigenvalue weighted by Crippen LogP contribution is -2.26. The van der Waals surface area contributed by atoms with Gasteiger partial charge in [-0.1, -0.05) is 41.4 Å². The molecule has 3 nitrogen and oxygen atoms in total. The van der Waals surface area contributed by atoms with Gasteiger partial charge in [0.25, 0.3) is 0 Å². The summed E-state index contributed by atoms with van der Waals surface area (Å²) in [5.41, 5.74) is 1.80. The molecule has 0 spiro atoms. The second-order valence-corrected chi connectivity index (χ2v) is 7.59. The van der Waals surface area contributed by atoms with Crippen molar-refractivity contribution >= 4 is 34.7 Å². The van der Waals surface area contributed by atoms with E-state index < -0.39 is 12.3 Å². The Balaban J connectivity index is 1.75. The Labute approximate surface area is 170 Å². The minimum absolute atomic E-state index is 0.0217. The molecule has 0 bridgehead atoms. The molecule has 144 valence electrons. The number of aromatic nitrogens is 1. The quantitative estimate of drug-likeness (QED) is 0.592. The van der Waals surface area contributed by atoms with Crippen molar-refractivity contribution in [2.45, 2.75) is 31.8 Å². The summed E-state index contributed by atoms with van der Waals surface area (Å²) >= 11 is 13.3. The highest BCUT2D eigenvalue weighted by molar-refractivity contribution is 7.10. The lowest BCUT2D eigenvalue weighted by Gasteiger charge is -2.23. The summed E-state index contributed by atoms with van der Waals surface area (Å²) in [5, 5.41) is 9.72. The van der Waals surface area contributed by atoms with Gasteiger partial charge in [0.2, 0.25) is 0 Å². The number of allylic oxidation sites excluding steroid dienone is 4. The van der Waals surface area contributed by atoms with Crippen molar-refractivity contribution in [1.29, 1.82) is 0 Å². The number of benzene rings is 1. The zero-order valence-electron chi connectivity index (χ0n) is 14.2. The van der Waals surface area contributed by atoms with Crippen LogP contribution in [-0.4, -0.2) is 28.4 Å². The van der Waals surface area contributed by atoms with Gasteiger partial charge in [0.15, 0.2) is 12.3 Å². The lowest BCUT2D eigenvalue weighted by molar-refractivity contribution is 0.104. The Morgan fingerprint density at radius 1 is 1.11 bits per heavy atom. The van der Waals surface area contributed by atoms with E-state index in [1.807, 2.05) is 12.1 Å². The predicted molar refractivity (Wildman–Crippen MR) is 105 cm³/mol. The summed E-state index contributed by atoms with van der Waals surface area (Å²) in [6.45, 7) is -0.0860. The van der Waals surface area contributed by atoms with Crippen LogP contribution in [0.5, 0.6) is 0 Å². The largest absolute Gasteiger partial charge is 0.490 e. The van der Waals surface area contributed by atoms with Crippen LogP contribution >= 0.6 is 34.7 Å². The number of hydrogen-bond donors (Lipinski definition) is 1. The van der Waals surface area contributed by atoms with Crippen LogP contribution in [-0.2, 0) is 11.3 Å². The highest BCUT2D eigenvalue weighted by Crippen LogP contribution is 2.36. The van der Waals surface area contributed by atoms with Gasteiger partial charge in [-0.3, -0.25) is 0 Å². The van der Waals surface area contributed by atoms with E-state index in [-0.39, 0.29) is 24.1 Å². The van der Waals surface area contributed by atoms with Crippen LogP contribution in [0.1, 0.15) is 18.4 Å². The molecule has 0 saturated carbocycles. The second kappa shape index (κ2) is 9.15. The van der Waals surface area contributed by atoms with Crippen LogP contribution in [0.15, 0.2) is 47.7 Å². The number of alkyl halides is 2. The third-order valence-electron chi connectivity index (χ3n) is 4.20. The van der Waals surface area contributed by atoms with Crippen molar-refractivity contribution in [3.05, 3.63) is 63.5 Å². The van der Waals surface area contributed by atoms with Crippen LogP contribution in [0.25, 0.3) is 10.4 Å². The molecule has 1 heterocycles. The molecule has 1 aliphatic rings. The number of hydrogen-bond acceptors (Lipinski definition) is 4. The van der Waals surface area contributed by atoms with Crippen LogP contribution in [0, 0.1) is 0 Å². The SMILES string of the molecule is OCCCC1=CC=C(OCc2c(Cl)nsc2-c2ccc(Cl)cc2)C(F)C1F. The number of halogens is 4. The Morgan fingerprint density at radius 3 is 2.56 bits per heavy atom. The number of ether oxygens (including phenoxy) is 1. The third-order valence-corrected chi connectivity index (χ3v) is 5.80. The normalized spacial score (nSPS) is 19.6. The van der Waals surface area contributed by atoms with Gasteiger partial charge >= 0.3 is 0 Å². The predicted octanol–water partition coefficient (Wildman–Crippen LogP) is 5.91. The standard InChI is InChI=1S/C19H17Cl2F2NO2S/c20-13-6-3-12(4-7-13)18-14(19(21)24-27-18)10-26-15-8-5-11(2-1-9-25)16(22)17(15)23/h3-8,16-17,25H,1-2,9-10H2. The first-order valence-corrected chi connectivity index (χ1v) is 9.86. The van der Waals surface area contributed by atoms with E-state index in [2.05, 4.69) is 4.37 Å². The Bertz CT molecular complexity index is 852. The van der Waals surface area contributed by atoms with Crippen molar-refractivity contribution in [2.24, 2.45) is 0 Å². The van der Waals surface area contributed by atoms with E-state index in [0.717, 1.165) is 10.4 Å². The molecule has 0 aliphatic heterocycles. The van der Waals surface area contributed by atoms with Crippen molar-refractivity contribution in [3.63, 3.8) is 0 Å². The molecule has 2 unspecified atom stereocenters. The van der Waals surface area contributed by atoms with Gasteiger partial charge in [0.1, 0.15) is 17.5 Å². The molecule has 3 rings (SSSR count).